The van der Waals surface area contributed by atoms with Crippen LogP contribution in [-0.2, 0) is 4.74 Å². The van der Waals surface area contributed by atoms with E-state index in [1.165, 1.54) is 0 Å². The minimum Gasteiger partial charge on any atom is -0.475 e. The number of halogens is 1. The molecule has 1 aromatic heterocycles. The summed E-state index contributed by atoms with van der Waals surface area (Å²) in [5, 5.41) is 0.208. The average molecular weight is 231 g/mol. The fourth-order valence-corrected chi connectivity index (χ4v) is 1.25. The molecule has 0 atom stereocenters. The van der Waals surface area contributed by atoms with Crippen LogP contribution >= 0.6 is 11.6 Å². The van der Waals surface area contributed by atoms with E-state index in [2.05, 4.69) is 16.9 Å². The Kier molecular flexibility index (Phi) is 5.36. The molecule has 0 aliphatic rings. The van der Waals surface area contributed by atoms with Crippen molar-refractivity contribution in [1.29, 1.82) is 0 Å². The van der Waals surface area contributed by atoms with Crippen LogP contribution in [0.1, 0.15) is 19.0 Å². The van der Waals surface area contributed by atoms with Crippen molar-refractivity contribution in [3.63, 3.8) is 0 Å². The highest BCUT2D eigenvalue weighted by Gasteiger charge is 2.00. The summed E-state index contributed by atoms with van der Waals surface area (Å²) in [6, 6.07) is 1.74. The van der Waals surface area contributed by atoms with Gasteiger partial charge in [-0.1, -0.05) is 6.92 Å². The van der Waals surface area contributed by atoms with E-state index in [0.29, 0.717) is 19.1 Å². The Hall–Kier alpha value is -0.870. The number of aromatic nitrogens is 2. The molecule has 1 aromatic rings. The van der Waals surface area contributed by atoms with Gasteiger partial charge in [0.05, 0.1) is 6.61 Å². The molecule has 0 unspecified atom stereocenters. The number of aryl methyl sites for hydroxylation is 1. The molecule has 0 amide bonds. The molecule has 0 saturated heterocycles. The number of hydrogen-bond donors (Lipinski definition) is 0. The van der Waals surface area contributed by atoms with Crippen molar-refractivity contribution >= 4 is 11.6 Å². The molecule has 0 N–H and O–H groups in total. The molecule has 0 spiro atoms. The summed E-state index contributed by atoms with van der Waals surface area (Å²) in [5.74, 6) is 0.493. The summed E-state index contributed by atoms with van der Waals surface area (Å²) in [6.45, 7) is 5.70. The van der Waals surface area contributed by atoms with Gasteiger partial charge in [0.1, 0.15) is 6.61 Å². The van der Waals surface area contributed by atoms with Gasteiger partial charge in [0.25, 0.3) is 0 Å². The monoisotopic (exact) mass is 230 g/mol. The zero-order valence-electron chi connectivity index (χ0n) is 8.99. The number of hydrogen-bond acceptors (Lipinski definition) is 4. The maximum absolute atomic E-state index is 5.68. The van der Waals surface area contributed by atoms with E-state index in [1.54, 1.807) is 6.07 Å². The Morgan fingerprint density at radius 3 is 2.73 bits per heavy atom. The van der Waals surface area contributed by atoms with Crippen molar-refractivity contribution in [3.8, 4) is 5.88 Å². The molecule has 15 heavy (non-hydrogen) atoms. The summed E-state index contributed by atoms with van der Waals surface area (Å²) >= 11 is 5.68. The normalized spacial score (nSPS) is 10.3. The largest absolute Gasteiger partial charge is 0.475 e. The fraction of sp³-hybridized carbons (Fsp3) is 0.600. The third-order valence-electron chi connectivity index (χ3n) is 1.63. The standard InChI is InChI=1S/C10H15ClN2O2/c1-3-4-14-5-6-15-9-7-8(2)12-10(11)13-9/h7H,3-6H2,1-2H3. The van der Waals surface area contributed by atoms with E-state index in [9.17, 15) is 0 Å². The summed E-state index contributed by atoms with van der Waals surface area (Å²) in [7, 11) is 0. The van der Waals surface area contributed by atoms with Crippen LogP contribution in [0.25, 0.3) is 0 Å². The molecule has 0 radical (unpaired) electrons. The van der Waals surface area contributed by atoms with Gasteiger partial charge in [-0.05, 0) is 24.9 Å². The van der Waals surface area contributed by atoms with Gasteiger partial charge in [0.15, 0.2) is 0 Å². The third-order valence-corrected chi connectivity index (χ3v) is 1.80. The topological polar surface area (TPSA) is 44.2 Å². The number of rotatable bonds is 6. The molecule has 0 fully saturated rings. The Balaban J connectivity index is 2.31. The highest BCUT2D eigenvalue weighted by Crippen LogP contribution is 2.11. The van der Waals surface area contributed by atoms with E-state index < -0.39 is 0 Å². The molecule has 0 aliphatic carbocycles. The Morgan fingerprint density at radius 2 is 2.07 bits per heavy atom. The second-order valence-corrected chi connectivity index (χ2v) is 3.42. The SMILES string of the molecule is CCCOCCOc1cc(C)nc(Cl)n1. The molecule has 0 aliphatic heterocycles. The van der Waals surface area contributed by atoms with Crippen LogP contribution in [0, 0.1) is 6.92 Å². The van der Waals surface area contributed by atoms with Gasteiger partial charge < -0.3 is 9.47 Å². The summed E-state index contributed by atoms with van der Waals surface area (Å²) < 4.78 is 10.6. The molecular formula is C10H15ClN2O2. The lowest BCUT2D eigenvalue weighted by molar-refractivity contribution is 0.0989. The highest BCUT2D eigenvalue weighted by molar-refractivity contribution is 6.28. The summed E-state index contributed by atoms with van der Waals surface area (Å²) in [5.41, 5.74) is 0.791. The quantitative estimate of drug-likeness (QED) is 0.555. The fourth-order valence-electron chi connectivity index (χ4n) is 1.03. The van der Waals surface area contributed by atoms with Gasteiger partial charge in [0.2, 0.25) is 11.2 Å². The molecule has 84 valence electrons. The van der Waals surface area contributed by atoms with Crippen LogP contribution in [0.4, 0.5) is 0 Å². The Morgan fingerprint density at radius 1 is 1.27 bits per heavy atom. The second-order valence-electron chi connectivity index (χ2n) is 3.08. The van der Waals surface area contributed by atoms with Gasteiger partial charge in [-0.3, -0.25) is 0 Å². The summed E-state index contributed by atoms with van der Waals surface area (Å²) in [4.78, 5) is 7.86. The van der Waals surface area contributed by atoms with Crippen LogP contribution in [0.3, 0.4) is 0 Å². The third kappa shape index (κ3) is 4.95. The van der Waals surface area contributed by atoms with Crippen LogP contribution in [0.15, 0.2) is 6.07 Å². The molecule has 0 bridgehead atoms. The number of ether oxygens (including phenoxy) is 2. The van der Waals surface area contributed by atoms with Crippen LogP contribution in [0.2, 0.25) is 5.28 Å². The van der Waals surface area contributed by atoms with Crippen LogP contribution in [-0.4, -0.2) is 29.8 Å². The molecule has 5 heteroatoms. The minimum absolute atomic E-state index is 0.208. The molecule has 1 rings (SSSR count). The molecule has 0 aromatic carbocycles. The lowest BCUT2D eigenvalue weighted by Crippen LogP contribution is -2.08. The zero-order chi connectivity index (χ0) is 11.1. The van der Waals surface area contributed by atoms with Crippen molar-refractivity contribution < 1.29 is 9.47 Å². The lowest BCUT2D eigenvalue weighted by Gasteiger charge is -2.06. The van der Waals surface area contributed by atoms with Crippen molar-refractivity contribution in [1.82, 2.24) is 9.97 Å². The van der Waals surface area contributed by atoms with Crippen molar-refractivity contribution in [2.75, 3.05) is 19.8 Å². The first-order valence-electron chi connectivity index (χ1n) is 4.94. The first-order valence-corrected chi connectivity index (χ1v) is 5.32. The predicted octanol–water partition coefficient (Wildman–Crippen LogP) is 2.24. The van der Waals surface area contributed by atoms with Crippen molar-refractivity contribution in [3.05, 3.63) is 17.0 Å². The van der Waals surface area contributed by atoms with Crippen LogP contribution in [0.5, 0.6) is 5.88 Å². The second kappa shape index (κ2) is 6.58. The predicted molar refractivity (Wildman–Crippen MR) is 58.4 cm³/mol. The van der Waals surface area contributed by atoms with E-state index in [0.717, 1.165) is 18.7 Å². The first kappa shape index (κ1) is 12.2. The van der Waals surface area contributed by atoms with Gasteiger partial charge in [0, 0.05) is 18.4 Å². The molecule has 4 nitrogen and oxygen atoms in total. The minimum atomic E-state index is 0.208. The summed E-state index contributed by atoms with van der Waals surface area (Å²) in [6.07, 6.45) is 1.01. The maximum Gasteiger partial charge on any atom is 0.225 e. The van der Waals surface area contributed by atoms with E-state index in [4.69, 9.17) is 21.1 Å². The molecule has 1 heterocycles. The van der Waals surface area contributed by atoms with Gasteiger partial charge in [-0.15, -0.1) is 0 Å². The molecular weight excluding hydrogens is 216 g/mol. The zero-order valence-corrected chi connectivity index (χ0v) is 9.75. The van der Waals surface area contributed by atoms with Crippen LogP contribution < -0.4 is 4.74 Å². The number of nitrogens with zero attached hydrogens (tertiary/aromatic N) is 2. The van der Waals surface area contributed by atoms with Gasteiger partial charge in [-0.25, -0.2) is 4.98 Å². The molecule has 0 saturated carbocycles. The highest BCUT2D eigenvalue weighted by atomic mass is 35.5. The Labute approximate surface area is 94.6 Å². The first-order chi connectivity index (χ1) is 7.22. The van der Waals surface area contributed by atoms with Gasteiger partial charge >= 0.3 is 0 Å². The van der Waals surface area contributed by atoms with E-state index in [1.807, 2.05) is 6.92 Å². The average Bonchev–Trinajstić information content (AvgIpc) is 2.16. The van der Waals surface area contributed by atoms with E-state index in [-0.39, 0.29) is 5.28 Å². The van der Waals surface area contributed by atoms with Crippen molar-refractivity contribution in [2.45, 2.75) is 20.3 Å². The maximum atomic E-state index is 5.68. The van der Waals surface area contributed by atoms with E-state index >= 15 is 0 Å². The lowest BCUT2D eigenvalue weighted by atomic mass is 10.4. The smallest absolute Gasteiger partial charge is 0.225 e. The Bertz CT molecular complexity index is 287. The van der Waals surface area contributed by atoms with Crippen molar-refractivity contribution in [2.24, 2.45) is 0 Å². The van der Waals surface area contributed by atoms with Gasteiger partial charge in [-0.2, -0.15) is 4.98 Å².